The van der Waals surface area contributed by atoms with Gasteiger partial charge in [-0.2, -0.15) is 0 Å². The molecule has 2 aromatic rings. The zero-order valence-corrected chi connectivity index (χ0v) is 23.8. The molecule has 0 fully saturated rings. The number of benzene rings is 1. The van der Waals surface area contributed by atoms with Crippen molar-refractivity contribution in [3.05, 3.63) is 65.5 Å². The zero-order chi connectivity index (χ0) is 27.8. The standard InChI is InChI=1S/C30H44N4O4/c1-29(2,3)37-27(35)32-17-11-12-18-33(21-25-15-9-10-16-31-25)22-26-19-23-13-7-8-14-24(23)20-34(26)28(36)38-30(4,5)6/h7-10,13-16,26H,11-12,17-22H2,1-6H3,(H,32,35)/t26-/m1/s1. The fourth-order valence-corrected chi connectivity index (χ4v) is 4.50. The number of hydrogen-bond donors (Lipinski definition) is 1. The van der Waals surface area contributed by atoms with Crippen molar-refractivity contribution >= 4 is 12.2 Å². The van der Waals surface area contributed by atoms with Gasteiger partial charge < -0.3 is 14.8 Å². The van der Waals surface area contributed by atoms with Crippen LogP contribution in [0, 0.1) is 0 Å². The van der Waals surface area contributed by atoms with Crippen LogP contribution < -0.4 is 5.32 Å². The van der Waals surface area contributed by atoms with Crippen molar-refractivity contribution in [3.63, 3.8) is 0 Å². The van der Waals surface area contributed by atoms with Gasteiger partial charge in [-0.15, -0.1) is 0 Å². The van der Waals surface area contributed by atoms with Crippen LogP contribution in [-0.2, 0) is 29.0 Å². The summed E-state index contributed by atoms with van der Waals surface area (Å²) in [5.41, 5.74) is 2.35. The first-order valence-electron chi connectivity index (χ1n) is 13.6. The molecule has 0 saturated carbocycles. The largest absolute Gasteiger partial charge is 0.444 e. The lowest BCUT2D eigenvalue weighted by Gasteiger charge is -2.40. The van der Waals surface area contributed by atoms with Gasteiger partial charge in [0.15, 0.2) is 0 Å². The van der Waals surface area contributed by atoms with Gasteiger partial charge in [0.05, 0.1) is 11.7 Å². The Labute approximate surface area is 227 Å². The molecule has 8 nitrogen and oxygen atoms in total. The van der Waals surface area contributed by atoms with E-state index in [9.17, 15) is 9.59 Å². The molecule has 2 amide bonds. The number of hydrogen-bond acceptors (Lipinski definition) is 6. The summed E-state index contributed by atoms with van der Waals surface area (Å²) in [6, 6.07) is 14.2. The Balaban J connectivity index is 1.68. The number of aromatic nitrogens is 1. The Hall–Kier alpha value is -3.13. The van der Waals surface area contributed by atoms with Crippen LogP contribution in [0.2, 0.25) is 0 Å². The van der Waals surface area contributed by atoms with Gasteiger partial charge in [0.1, 0.15) is 11.2 Å². The molecule has 1 aliphatic heterocycles. The maximum absolute atomic E-state index is 13.3. The predicted molar refractivity (Wildman–Crippen MR) is 149 cm³/mol. The Morgan fingerprint density at radius 2 is 1.66 bits per heavy atom. The maximum atomic E-state index is 13.3. The SMILES string of the molecule is CC(C)(C)OC(=O)NCCCCN(Cc1ccccn1)C[C@H]1Cc2ccccc2CN1C(=O)OC(C)(C)C. The first-order chi connectivity index (χ1) is 17.9. The van der Waals surface area contributed by atoms with Gasteiger partial charge in [-0.05, 0) is 90.6 Å². The second kappa shape index (κ2) is 13.1. The normalized spacial score (nSPS) is 15.7. The summed E-state index contributed by atoms with van der Waals surface area (Å²) < 4.78 is 11.1. The van der Waals surface area contributed by atoms with Crippen molar-refractivity contribution in [3.8, 4) is 0 Å². The number of unbranched alkanes of at least 4 members (excludes halogenated alkanes) is 1. The van der Waals surface area contributed by atoms with Crippen molar-refractivity contribution in [1.29, 1.82) is 0 Å². The van der Waals surface area contributed by atoms with Crippen LogP contribution in [0.3, 0.4) is 0 Å². The minimum atomic E-state index is -0.562. The Kier molecular flexibility index (Phi) is 10.1. The van der Waals surface area contributed by atoms with Crippen molar-refractivity contribution in [1.82, 2.24) is 20.1 Å². The van der Waals surface area contributed by atoms with Gasteiger partial charge in [0.25, 0.3) is 0 Å². The third kappa shape index (κ3) is 9.97. The molecule has 0 spiro atoms. The number of rotatable bonds is 9. The molecule has 0 saturated heterocycles. The summed E-state index contributed by atoms with van der Waals surface area (Å²) in [6.45, 7) is 14.5. The van der Waals surface area contributed by atoms with E-state index in [1.54, 1.807) is 0 Å². The van der Waals surface area contributed by atoms with Crippen molar-refractivity contribution < 1.29 is 19.1 Å². The third-order valence-electron chi connectivity index (χ3n) is 6.13. The third-order valence-corrected chi connectivity index (χ3v) is 6.13. The van der Waals surface area contributed by atoms with E-state index in [2.05, 4.69) is 33.4 Å². The predicted octanol–water partition coefficient (Wildman–Crippen LogP) is 5.55. The van der Waals surface area contributed by atoms with E-state index in [1.807, 2.05) is 76.9 Å². The summed E-state index contributed by atoms with van der Waals surface area (Å²) in [4.78, 5) is 34.0. The first kappa shape index (κ1) is 29.4. The van der Waals surface area contributed by atoms with Crippen LogP contribution in [0.4, 0.5) is 9.59 Å². The van der Waals surface area contributed by atoms with Crippen LogP contribution in [0.5, 0.6) is 0 Å². The van der Waals surface area contributed by atoms with Crippen LogP contribution in [0.1, 0.15) is 71.2 Å². The molecule has 0 aliphatic carbocycles. The number of alkyl carbamates (subject to hydrolysis) is 1. The zero-order valence-electron chi connectivity index (χ0n) is 23.8. The highest BCUT2D eigenvalue weighted by Crippen LogP contribution is 2.26. The second-order valence-electron chi connectivity index (χ2n) is 11.9. The number of ether oxygens (including phenoxy) is 2. The summed E-state index contributed by atoms with van der Waals surface area (Å²) in [7, 11) is 0. The van der Waals surface area contributed by atoms with E-state index in [0.29, 0.717) is 26.2 Å². The van der Waals surface area contributed by atoms with Crippen LogP contribution in [-0.4, -0.2) is 63.8 Å². The van der Waals surface area contributed by atoms with E-state index < -0.39 is 17.3 Å². The smallest absolute Gasteiger partial charge is 0.410 e. The molecule has 208 valence electrons. The number of pyridine rings is 1. The van der Waals surface area contributed by atoms with E-state index in [1.165, 1.54) is 11.1 Å². The molecule has 8 heteroatoms. The topological polar surface area (TPSA) is 84.0 Å². The monoisotopic (exact) mass is 524 g/mol. The van der Waals surface area contributed by atoms with E-state index in [-0.39, 0.29) is 12.1 Å². The van der Waals surface area contributed by atoms with E-state index in [0.717, 1.165) is 31.5 Å². The summed E-state index contributed by atoms with van der Waals surface area (Å²) in [6.07, 6.45) is 3.61. The fourth-order valence-electron chi connectivity index (χ4n) is 4.50. The van der Waals surface area contributed by atoms with Crippen LogP contribution in [0.15, 0.2) is 48.7 Å². The van der Waals surface area contributed by atoms with Crippen molar-refractivity contribution in [2.75, 3.05) is 19.6 Å². The van der Waals surface area contributed by atoms with Crippen LogP contribution >= 0.6 is 0 Å². The molecule has 2 heterocycles. The molecule has 3 rings (SSSR count). The van der Waals surface area contributed by atoms with Gasteiger partial charge in [0, 0.05) is 32.4 Å². The van der Waals surface area contributed by atoms with E-state index in [4.69, 9.17) is 9.47 Å². The number of amides is 2. The highest BCUT2D eigenvalue weighted by Gasteiger charge is 2.33. The number of carbonyl (C=O) groups is 2. The Bertz CT molecular complexity index is 1050. The van der Waals surface area contributed by atoms with Gasteiger partial charge in [-0.1, -0.05) is 30.3 Å². The minimum Gasteiger partial charge on any atom is -0.444 e. The molecule has 1 N–H and O–H groups in total. The molecular formula is C30H44N4O4. The average Bonchev–Trinajstić information content (AvgIpc) is 2.81. The number of carbonyl (C=O) groups excluding carboxylic acids is 2. The lowest BCUT2D eigenvalue weighted by atomic mass is 9.94. The van der Waals surface area contributed by atoms with Crippen molar-refractivity contribution in [2.24, 2.45) is 0 Å². The van der Waals surface area contributed by atoms with Crippen LogP contribution in [0.25, 0.3) is 0 Å². The molecule has 1 aliphatic rings. The van der Waals surface area contributed by atoms with Gasteiger partial charge in [-0.3, -0.25) is 14.8 Å². The summed E-state index contributed by atoms with van der Waals surface area (Å²) in [5, 5.41) is 2.84. The highest BCUT2D eigenvalue weighted by molar-refractivity contribution is 5.69. The van der Waals surface area contributed by atoms with Gasteiger partial charge in [0.2, 0.25) is 0 Å². The molecule has 0 bridgehead atoms. The highest BCUT2D eigenvalue weighted by atomic mass is 16.6. The molecule has 1 atom stereocenters. The summed E-state index contributed by atoms with van der Waals surface area (Å²) in [5.74, 6) is 0. The average molecular weight is 525 g/mol. The number of fused-ring (bicyclic) bond motifs is 1. The molecule has 0 unspecified atom stereocenters. The fraction of sp³-hybridized carbons (Fsp3) is 0.567. The lowest BCUT2D eigenvalue weighted by Crippen LogP contribution is -2.51. The lowest BCUT2D eigenvalue weighted by molar-refractivity contribution is 0.00708. The number of nitrogens with one attached hydrogen (secondary N) is 1. The van der Waals surface area contributed by atoms with Gasteiger partial charge >= 0.3 is 12.2 Å². The molecule has 1 aromatic carbocycles. The Morgan fingerprint density at radius 3 is 2.32 bits per heavy atom. The molecule has 0 radical (unpaired) electrons. The minimum absolute atomic E-state index is 0.0247. The number of nitrogens with zero attached hydrogens (tertiary/aromatic N) is 3. The Morgan fingerprint density at radius 1 is 0.974 bits per heavy atom. The quantitative estimate of drug-likeness (QED) is 0.433. The van der Waals surface area contributed by atoms with E-state index >= 15 is 0 Å². The first-order valence-corrected chi connectivity index (χ1v) is 13.6. The molecule has 1 aromatic heterocycles. The second-order valence-corrected chi connectivity index (χ2v) is 11.9. The maximum Gasteiger partial charge on any atom is 0.410 e. The van der Waals surface area contributed by atoms with Gasteiger partial charge in [-0.25, -0.2) is 9.59 Å². The summed E-state index contributed by atoms with van der Waals surface area (Å²) >= 11 is 0. The molecular weight excluding hydrogens is 480 g/mol. The molecule has 38 heavy (non-hydrogen) atoms. The van der Waals surface area contributed by atoms with Crippen molar-refractivity contribution in [2.45, 2.75) is 91.1 Å².